The summed E-state index contributed by atoms with van der Waals surface area (Å²) in [5.74, 6) is -0.736. The van der Waals surface area contributed by atoms with Crippen LogP contribution in [0.1, 0.15) is 19.3 Å². The zero-order valence-corrected chi connectivity index (χ0v) is 23.2. The molecule has 1 aliphatic carbocycles. The van der Waals surface area contributed by atoms with Crippen LogP contribution in [0.3, 0.4) is 0 Å². The van der Waals surface area contributed by atoms with Crippen molar-refractivity contribution >= 4 is 39.0 Å². The summed E-state index contributed by atoms with van der Waals surface area (Å²) in [6.45, 7) is 3.08. The number of nitrogen functional groups attached to an aromatic ring is 1. The van der Waals surface area contributed by atoms with Crippen molar-refractivity contribution in [3.8, 4) is 17.3 Å². The molecule has 1 saturated carbocycles. The van der Waals surface area contributed by atoms with E-state index < -0.39 is 23.9 Å². The lowest BCUT2D eigenvalue weighted by atomic mass is 10.2. The molecule has 5 aromatic rings. The summed E-state index contributed by atoms with van der Waals surface area (Å²) < 4.78 is 57.8. The number of aromatic nitrogens is 5. The quantitative estimate of drug-likeness (QED) is 0.298. The fraction of sp³-hybridized carbons (Fsp3) is 0.407. The van der Waals surface area contributed by atoms with E-state index in [4.69, 9.17) is 14.9 Å². The van der Waals surface area contributed by atoms with Gasteiger partial charge in [0.2, 0.25) is 11.8 Å². The van der Waals surface area contributed by atoms with Crippen molar-refractivity contribution < 1.29 is 22.3 Å². The lowest BCUT2D eigenvalue weighted by Gasteiger charge is -2.36. The third kappa shape index (κ3) is 4.75. The third-order valence-corrected chi connectivity index (χ3v) is 8.83. The number of rotatable bonds is 7. The number of hydrogen-bond acceptors (Lipinski definition) is 10. The van der Waals surface area contributed by atoms with Crippen LogP contribution in [0.15, 0.2) is 39.7 Å². The molecule has 1 aliphatic heterocycles. The molecule has 4 aromatic heterocycles. The molecular weight excluding hydrogens is 573 g/mol. The van der Waals surface area contributed by atoms with E-state index in [1.54, 1.807) is 16.7 Å². The Kier molecular flexibility index (Phi) is 6.77. The Labute approximate surface area is 240 Å². The van der Waals surface area contributed by atoms with Gasteiger partial charge in [-0.25, -0.2) is 18.2 Å². The smallest absolute Gasteiger partial charge is 0.309 e. The van der Waals surface area contributed by atoms with Gasteiger partial charge in [0.15, 0.2) is 28.6 Å². The zero-order valence-electron chi connectivity index (χ0n) is 22.4. The Hall–Kier alpha value is -4.11. The Bertz CT molecular complexity index is 1810. The first-order valence-corrected chi connectivity index (χ1v) is 14.5. The minimum absolute atomic E-state index is 0.0996. The van der Waals surface area contributed by atoms with Crippen molar-refractivity contribution in [2.24, 2.45) is 0 Å². The van der Waals surface area contributed by atoms with E-state index in [2.05, 4.69) is 20.0 Å². The predicted octanol–water partition coefficient (Wildman–Crippen LogP) is 3.71. The maximum absolute atomic E-state index is 14.8. The van der Waals surface area contributed by atoms with E-state index in [9.17, 15) is 18.0 Å². The molecule has 2 N–H and O–H groups in total. The maximum atomic E-state index is 14.8. The number of alkyl halides is 1. The summed E-state index contributed by atoms with van der Waals surface area (Å²) in [6, 6.07) is 5.60. The highest BCUT2D eigenvalue weighted by atomic mass is 32.1. The molecule has 15 heteroatoms. The van der Waals surface area contributed by atoms with Gasteiger partial charge in [0.05, 0.1) is 12.0 Å². The number of fused-ring (bicyclic) bond motifs is 3. The fourth-order valence-electron chi connectivity index (χ4n) is 5.62. The normalized spacial score (nSPS) is 19.8. The van der Waals surface area contributed by atoms with Crippen LogP contribution in [0.4, 0.5) is 24.8 Å². The first-order valence-electron chi connectivity index (χ1n) is 13.7. The minimum Gasteiger partial charge on any atom is -0.484 e. The maximum Gasteiger partial charge on any atom is 0.309 e. The molecule has 0 radical (unpaired) electrons. The van der Waals surface area contributed by atoms with Gasteiger partial charge in [-0.2, -0.15) is 9.50 Å². The molecule has 42 heavy (non-hydrogen) atoms. The molecule has 2 atom stereocenters. The second kappa shape index (κ2) is 10.6. The molecule has 0 spiro atoms. The number of anilines is 2. The Morgan fingerprint density at radius 1 is 1.07 bits per heavy atom. The average molecular weight is 601 g/mol. The number of hydrogen-bond donors (Lipinski definition) is 1. The van der Waals surface area contributed by atoms with Crippen LogP contribution in [0, 0.1) is 11.6 Å². The van der Waals surface area contributed by atoms with Gasteiger partial charge < -0.3 is 19.8 Å². The van der Waals surface area contributed by atoms with Crippen molar-refractivity contribution in [3.05, 3.63) is 51.8 Å². The number of halogens is 3. The van der Waals surface area contributed by atoms with Crippen molar-refractivity contribution in [1.82, 2.24) is 29.0 Å². The Morgan fingerprint density at radius 2 is 1.90 bits per heavy atom. The highest BCUT2D eigenvalue weighted by Crippen LogP contribution is 2.33. The highest BCUT2D eigenvalue weighted by Gasteiger charge is 2.30. The molecule has 0 amide bonds. The van der Waals surface area contributed by atoms with E-state index in [1.807, 2.05) is 4.90 Å². The number of thiazole rings is 1. The molecule has 11 nitrogen and oxygen atoms in total. The van der Waals surface area contributed by atoms with Gasteiger partial charge in [-0.3, -0.25) is 14.3 Å². The topological polar surface area (TPSA) is 120 Å². The molecule has 5 heterocycles. The molecule has 1 aromatic carbocycles. The second-order valence-electron chi connectivity index (χ2n) is 10.5. The molecule has 7 rings (SSSR count). The van der Waals surface area contributed by atoms with Crippen LogP contribution < -0.4 is 20.2 Å². The minimum atomic E-state index is -1.15. The number of benzene rings is 1. The van der Waals surface area contributed by atoms with Crippen LogP contribution in [0.5, 0.6) is 5.75 Å². The van der Waals surface area contributed by atoms with Crippen LogP contribution >= 0.6 is 11.3 Å². The summed E-state index contributed by atoms with van der Waals surface area (Å²) in [5, 5.41) is 4.38. The van der Waals surface area contributed by atoms with Crippen molar-refractivity contribution in [2.75, 3.05) is 43.4 Å². The zero-order chi connectivity index (χ0) is 29.0. The van der Waals surface area contributed by atoms with E-state index in [0.717, 1.165) is 17.4 Å². The Morgan fingerprint density at radius 3 is 2.64 bits per heavy atom. The molecule has 2 aliphatic rings. The lowest BCUT2D eigenvalue weighted by Crippen LogP contribution is -2.47. The van der Waals surface area contributed by atoms with Gasteiger partial charge in [0.25, 0.3) is 0 Å². The average Bonchev–Trinajstić information content (AvgIpc) is 3.77. The third-order valence-electron chi connectivity index (χ3n) is 7.86. The summed E-state index contributed by atoms with van der Waals surface area (Å²) in [5.41, 5.74) is 7.26. The standard InChI is InChI=1S/C27H27F3N8O3S/c28-15-3-1-4-19(15)41-21-14-18(16(29)13-17(21)30)36-9-6-35(7-10-36)8-11-37-24-22(42-27(37)39)25-32-23(20-5-2-12-40-20)34-38(25)26(31)33-24/h2,5,12-15,19H,1,3-4,6-11H2,(H2,31,33)/t15-,19+/m1/s1. The lowest BCUT2D eigenvalue weighted by molar-refractivity contribution is 0.120. The molecule has 0 unspecified atom stereocenters. The van der Waals surface area contributed by atoms with Gasteiger partial charge in [-0.15, -0.1) is 5.10 Å². The number of nitrogens with two attached hydrogens (primary N) is 1. The van der Waals surface area contributed by atoms with Crippen molar-refractivity contribution in [1.29, 1.82) is 0 Å². The van der Waals surface area contributed by atoms with Gasteiger partial charge in [0, 0.05) is 51.4 Å². The van der Waals surface area contributed by atoms with Gasteiger partial charge in [0.1, 0.15) is 22.8 Å². The van der Waals surface area contributed by atoms with Crippen LogP contribution in [0.2, 0.25) is 0 Å². The summed E-state index contributed by atoms with van der Waals surface area (Å²) in [6.07, 6.45) is 1.23. The summed E-state index contributed by atoms with van der Waals surface area (Å²) in [7, 11) is 0. The number of nitrogens with zero attached hydrogens (tertiary/aromatic N) is 7. The highest BCUT2D eigenvalue weighted by molar-refractivity contribution is 7.17. The van der Waals surface area contributed by atoms with Crippen molar-refractivity contribution in [2.45, 2.75) is 38.1 Å². The van der Waals surface area contributed by atoms with E-state index in [1.165, 1.54) is 16.8 Å². The van der Waals surface area contributed by atoms with Gasteiger partial charge >= 0.3 is 4.87 Å². The van der Waals surface area contributed by atoms with E-state index >= 15 is 0 Å². The molecule has 0 bridgehead atoms. The number of ether oxygens (including phenoxy) is 1. The first-order chi connectivity index (χ1) is 20.4. The van der Waals surface area contributed by atoms with Gasteiger partial charge in [-0.05, 0) is 31.4 Å². The number of furan rings is 1. The summed E-state index contributed by atoms with van der Waals surface area (Å²) >= 11 is 1.03. The van der Waals surface area contributed by atoms with E-state index in [-0.39, 0.29) is 22.3 Å². The molecular formula is C27H27F3N8O3S. The largest absolute Gasteiger partial charge is 0.484 e. The monoisotopic (exact) mass is 600 g/mol. The SMILES string of the molecule is Nc1nc2c(sc(=O)n2CCN2CCN(c3cc(O[C@H]4CCC[C@H]4F)c(F)cc3F)CC2)c2nc(-c3ccco3)nn12. The second-order valence-corrected chi connectivity index (χ2v) is 11.4. The van der Waals surface area contributed by atoms with Crippen LogP contribution in [0.25, 0.3) is 27.6 Å². The fourth-order valence-corrected chi connectivity index (χ4v) is 6.55. The molecule has 220 valence electrons. The first kappa shape index (κ1) is 26.8. The summed E-state index contributed by atoms with van der Waals surface area (Å²) in [4.78, 5) is 25.7. The number of piperazine rings is 1. The van der Waals surface area contributed by atoms with Crippen LogP contribution in [-0.2, 0) is 6.54 Å². The van der Waals surface area contributed by atoms with E-state index in [0.29, 0.717) is 86.1 Å². The molecule has 2 fully saturated rings. The van der Waals surface area contributed by atoms with Crippen molar-refractivity contribution in [3.63, 3.8) is 0 Å². The molecule has 1 saturated heterocycles. The van der Waals surface area contributed by atoms with Crippen LogP contribution in [-0.4, -0.2) is 74.0 Å². The Balaban J connectivity index is 1.04. The van der Waals surface area contributed by atoms with Gasteiger partial charge in [-0.1, -0.05) is 11.3 Å². The predicted molar refractivity (Wildman–Crippen MR) is 151 cm³/mol.